The van der Waals surface area contributed by atoms with E-state index in [1.54, 1.807) is 29.3 Å². The van der Waals surface area contributed by atoms with Gasteiger partial charge in [-0.05, 0) is 62.3 Å². The fraction of sp³-hybridized carbons (Fsp3) is 0.500. The van der Waals surface area contributed by atoms with Crippen molar-refractivity contribution in [3.8, 4) is 11.1 Å². The van der Waals surface area contributed by atoms with Crippen LogP contribution in [0.15, 0.2) is 36.5 Å². The fourth-order valence-corrected chi connectivity index (χ4v) is 6.58. The van der Waals surface area contributed by atoms with Gasteiger partial charge in [-0.2, -0.15) is 0 Å². The van der Waals surface area contributed by atoms with Gasteiger partial charge in [0.25, 0.3) is 5.91 Å². The highest BCUT2D eigenvalue weighted by atomic mass is 19.1. The normalized spacial score (nSPS) is 28.1. The Morgan fingerprint density at radius 2 is 2.00 bits per heavy atom. The molecule has 0 spiro atoms. The van der Waals surface area contributed by atoms with Crippen LogP contribution in [0.2, 0.25) is 0 Å². The summed E-state index contributed by atoms with van der Waals surface area (Å²) in [6.07, 6.45) is 4.33. The molecule has 0 aliphatic carbocycles. The SMILES string of the molecule is CNC(=O)c1ccc(-c2ccc(N3CCCC(C45CCC(CC(O)C4)N5C(=O)O)C3)c(F)c2)cn1. The Labute approximate surface area is 203 Å². The van der Waals surface area contributed by atoms with Crippen LogP contribution in [0.25, 0.3) is 11.1 Å². The summed E-state index contributed by atoms with van der Waals surface area (Å²) in [6, 6.07) is 8.30. The molecule has 3 aliphatic rings. The fourth-order valence-electron chi connectivity index (χ4n) is 6.58. The first-order valence-electron chi connectivity index (χ1n) is 12.3. The van der Waals surface area contributed by atoms with Crippen molar-refractivity contribution in [3.05, 3.63) is 48.0 Å². The van der Waals surface area contributed by atoms with Crippen LogP contribution in [0.4, 0.5) is 14.9 Å². The highest BCUT2D eigenvalue weighted by molar-refractivity contribution is 5.92. The molecule has 2 amide bonds. The summed E-state index contributed by atoms with van der Waals surface area (Å²) in [7, 11) is 1.54. The predicted molar refractivity (Wildman–Crippen MR) is 129 cm³/mol. The molecule has 1 aromatic carbocycles. The van der Waals surface area contributed by atoms with Crippen LogP contribution >= 0.6 is 0 Å². The Balaban J connectivity index is 1.37. The van der Waals surface area contributed by atoms with Crippen molar-refractivity contribution in [2.24, 2.45) is 5.92 Å². The van der Waals surface area contributed by atoms with Gasteiger partial charge < -0.3 is 20.4 Å². The maximum Gasteiger partial charge on any atom is 0.408 e. The first kappa shape index (κ1) is 23.5. The van der Waals surface area contributed by atoms with Crippen molar-refractivity contribution in [2.75, 3.05) is 25.0 Å². The molecule has 8 nitrogen and oxygen atoms in total. The first-order valence-corrected chi connectivity index (χ1v) is 12.3. The number of nitrogens with zero attached hydrogens (tertiary/aromatic N) is 3. The molecule has 35 heavy (non-hydrogen) atoms. The minimum absolute atomic E-state index is 0.0350. The molecule has 0 saturated carbocycles. The largest absolute Gasteiger partial charge is 0.465 e. The molecule has 2 aromatic rings. The number of hydrogen-bond acceptors (Lipinski definition) is 5. The number of carbonyl (C=O) groups is 2. The molecule has 3 N–H and O–H groups in total. The Hall–Kier alpha value is -3.20. The van der Waals surface area contributed by atoms with Crippen LogP contribution in [0.1, 0.15) is 49.0 Å². The number of hydrogen-bond donors (Lipinski definition) is 3. The highest BCUT2D eigenvalue weighted by Gasteiger charge is 2.57. The molecule has 0 radical (unpaired) electrons. The second-order valence-electron chi connectivity index (χ2n) is 10.0. The predicted octanol–water partition coefficient (Wildman–Crippen LogP) is 3.50. The molecular formula is C26H31FN4O4. The van der Waals surface area contributed by atoms with Gasteiger partial charge in [0.1, 0.15) is 11.5 Å². The Kier molecular flexibility index (Phi) is 6.13. The van der Waals surface area contributed by atoms with E-state index in [0.29, 0.717) is 48.4 Å². The lowest BCUT2D eigenvalue weighted by Crippen LogP contribution is -2.62. The van der Waals surface area contributed by atoms with E-state index in [1.807, 2.05) is 11.0 Å². The summed E-state index contributed by atoms with van der Waals surface area (Å²) in [5.41, 5.74) is 1.59. The number of carbonyl (C=O) groups excluding carboxylic acids is 1. The monoisotopic (exact) mass is 482 g/mol. The number of halogens is 1. The number of carboxylic acid groups (broad SMARTS) is 1. The average molecular weight is 483 g/mol. The number of aliphatic hydroxyl groups excluding tert-OH is 1. The van der Waals surface area contributed by atoms with Crippen molar-refractivity contribution in [1.29, 1.82) is 0 Å². The molecule has 3 fully saturated rings. The molecule has 3 saturated heterocycles. The topological polar surface area (TPSA) is 106 Å². The van der Waals surface area contributed by atoms with Gasteiger partial charge in [0.2, 0.25) is 0 Å². The van der Waals surface area contributed by atoms with E-state index in [4.69, 9.17) is 0 Å². The summed E-state index contributed by atoms with van der Waals surface area (Å²) in [5.74, 6) is -0.593. The summed E-state index contributed by atoms with van der Waals surface area (Å²) in [4.78, 5) is 31.7. The van der Waals surface area contributed by atoms with Crippen LogP contribution in [0, 0.1) is 11.7 Å². The molecule has 5 rings (SSSR count). The molecule has 4 atom stereocenters. The Bertz CT molecular complexity index is 1130. The average Bonchev–Trinajstić information content (AvgIpc) is 3.12. The zero-order chi connectivity index (χ0) is 24.7. The molecule has 1 aromatic heterocycles. The van der Waals surface area contributed by atoms with Gasteiger partial charge in [-0.1, -0.05) is 12.1 Å². The van der Waals surface area contributed by atoms with Crippen LogP contribution in [0.5, 0.6) is 0 Å². The van der Waals surface area contributed by atoms with Crippen LogP contribution < -0.4 is 10.2 Å². The maximum absolute atomic E-state index is 15.3. The molecule has 9 heteroatoms. The van der Waals surface area contributed by atoms with E-state index >= 15 is 4.39 Å². The minimum Gasteiger partial charge on any atom is -0.465 e. The number of anilines is 1. The van der Waals surface area contributed by atoms with Crippen LogP contribution in [-0.4, -0.2) is 69.9 Å². The summed E-state index contributed by atoms with van der Waals surface area (Å²) in [5, 5.41) is 23.0. The number of piperidine rings is 2. The van der Waals surface area contributed by atoms with E-state index in [-0.39, 0.29) is 23.7 Å². The lowest BCUT2D eigenvalue weighted by atomic mass is 9.72. The summed E-state index contributed by atoms with van der Waals surface area (Å²) in [6.45, 7) is 1.26. The lowest BCUT2D eigenvalue weighted by Gasteiger charge is -2.52. The van der Waals surface area contributed by atoms with E-state index in [9.17, 15) is 19.8 Å². The third-order valence-electron chi connectivity index (χ3n) is 8.12. The lowest BCUT2D eigenvalue weighted by molar-refractivity contribution is -0.0390. The van der Waals surface area contributed by atoms with Crippen molar-refractivity contribution in [3.63, 3.8) is 0 Å². The Morgan fingerprint density at radius 3 is 2.69 bits per heavy atom. The van der Waals surface area contributed by atoms with Gasteiger partial charge >= 0.3 is 6.09 Å². The van der Waals surface area contributed by atoms with E-state index in [1.165, 1.54) is 13.1 Å². The number of aliphatic hydroxyl groups is 1. The summed E-state index contributed by atoms with van der Waals surface area (Å²) >= 11 is 0. The first-order chi connectivity index (χ1) is 16.8. The van der Waals surface area contributed by atoms with Gasteiger partial charge in [-0.25, -0.2) is 9.18 Å². The zero-order valence-corrected chi connectivity index (χ0v) is 19.8. The van der Waals surface area contributed by atoms with Crippen molar-refractivity contribution < 1.29 is 24.2 Å². The number of pyridine rings is 1. The number of nitrogens with one attached hydrogen (secondary N) is 1. The number of aromatic nitrogens is 1. The third kappa shape index (κ3) is 4.11. The quantitative estimate of drug-likeness (QED) is 0.616. The third-order valence-corrected chi connectivity index (χ3v) is 8.12. The molecular weight excluding hydrogens is 451 g/mol. The molecule has 3 aliphatic heterocycles. The van der Waals surface area contributed by atoms with Crippen LogP contribution in [0.3, 0.4) is 0 Å². The number of rotatable bonds is 4. The number of benzene rings is 1. The van der Waals surface area contributed by atoms with Gasteiger partial charge in [-0.3, -0.25) is 14.7 Å². The highest BCUT2D eigenvalue weighted by Crippen LogP contribution is 2.51. The second-order valence-corrected chi connectivity index (χ2v) is 10.0. The second kappa shape index (κ2) is 9.11. The van der Waals surface area contributed by atoms with E-state index in [0.717, 1.165) is 25.7 Å². The summed E-state index contributed by atoms with van der Waals surface area (Å²) < 4.78 is 15.3. The van der Waals surface area contributed by atoms with Crippen molar-refractivity contribution >= 4 is 17.7 Å². The van der Waals surface area contributed by atoms with E-state index in [2.05, 4.69) is 10.3 Å². The minimum atomic E-state index is -0.914. The van der Waals surface area contributed by atoms with Crippen LogP contribution in [-0.2, 0) is 0 Å². The number of amides is 2. The van der Waals surface area contributed by atoms with E-state index < -0.39 is 17.7 Å². The van der Waals surface area contributed by atoms with Gasteiger partial charge in [0.15, 0.2) is 0 Å². The van der Waals surface area contributed by atoms with Gasteiger partial charge in [0, 0.05) is 43.9 Å². The van der Waals surface area contributed by atoms with Gasteiger partial charge in [0.05, 0.1) is 17.3 Å². The molecule has 186 valence electrons. The maximum atomic E-state index is 15.3. The molecule has 2 bridgehead atoms. The van der Waals surface area contributed by atoms with Crippen molar-refractivity contribution in [2.45, 2.75) is 56.2 Å². The zero-order valence-electron chi connectivity index (χ0n) is 19.8. The standard InChI is InChI=1S/C26H31FN4O4/c1-28-24(33)22-6-4-17(14-29-22)16-5-7-23(21(27)11-16)30-10-2-3-18(15-30)26-9-8-19(12-20(32)13-26)31(26)25(34)35/h4-7,11,14,18-20,32H,2-3,8-10,12-13,15H2,1H3,(H,28,33)(H,34,35). The molecule has 4 heterocycles. The van der Waals surface area contributed by atoms with Gasteiger partial charge in [-0.15, -0.1) is 0 Å². The smallest absolute Gasteiger partial charge is 0.408 e. The van der Waals surface area contributed by atoms with Crippen molar-refractivity contribution in [1.82, 2.24) is 15.2 Å². The molecule has 4 unspecified atom stereocenters. The Morgan fingerprint density at radius 1 is 1.20 bits per heavy atom. The number of fused-ring (bicyclic) bond motifs is 2.